The predicted octanol–water partition coefficient (Wildman–Crippen LogP) is 4.30. The van der Waals surface area contributed by atoms with Gasteiger partial charge in [-0.15, -0.1) is 0 Å². The van der Waals surface area contributed by atoms with E-state index in [1.807, 2.05) is 19.9 Å². The van der Waals surface area contributed by atoms with Gasteiger partial charge in [0.15, 0.2) is 0 Å². The van der Waals surface area contributed by atoms with Gasteiger partial charge in [0.25, 0.3) is 0 Å². The largest absolute Gasteiger partial charge is 0.462 e. The molecule has 1 aromatic carbocycles. The third kappa shape index (κ3) is 3.82. The molecule has 0 aliphatic heterocycles. The number of esters is 1. The number of hydrogen-bond donors (Lipinski definition) is 0. The monoisotopic (exact) mass is 260 g/mol. The first-order valence-corrected chi connectivity index (χ1v) is 7.46. The highest BCUT2D eigenvalue weighted by Crippen LogP contribution is 2.36. The minimum atomic E-state index is 0.00924. The molecule has 2 heteroatoms. The van der Waals surface area contributed by atoms with Crippen molar-refractivity contribution in [2.75, 3.05) is 0 Å². The highest BCUT2D eigenvalue weighted by molar-refractivity contribution is 5.72. The van der Waals surface area contributed by atoms with Gasteiger partial charge in [0.2, 0.25) is 0 Å². The summed E-state index contributed by atoms with van der Waals surface area (Å²) in [5.41, 5.74) is 1.36. The fraction of sp³-hybridized carbons (Fsp3) is 0.588. The Hall–Kier alpha value is -1.31. The molecule has 1 fully saturated rings. The third-order valence-corrected chi connectivity index (χ3v) is 4.17. The fourth-order valence-electron chi connectivity index (χ4n) is 2.81. The van der Waals surface area contributed by atoms with E-state index in [2.05, 4.69) is 24.3 Å². The van der Waals surface area contributed by atoms with Crippen molar-refractivity contribution in [2.24, 2.45) is 5.92 Å². The first kappa shape index (κ1) is 14.1. The van der Waals surface area contributed by atoms with E-state index in [4.69, 9.17) is 4.74 Å². The van der Waals surface area contributed by atoms with E-state index < -0.39 is 0 Å². The normalized spacial score (nSPS) is 24.7. The van der Waals surface area contributed by atoms with Crippen LogP contribution in [0.25, 0.3) is 0 Å². The molecule has 0 aromatic heterocycles. The van der Waals surface area contributed by atoms with Gasteiger partial charge in [0.1, 0.15) is 0 Å². The summed E-state index contributed by atoms with van der Waals surface area (Å²) in [5, 5.41) is 0. The van der Waals surface area contributed by atoms with Crippen LogP contribution >= 0.6 is 0 Å². The summed E-state index contributed by atoms with van der Waals surface area (Å²) in [6.45, 7) is 4.01. The lowest BCUT2D eigenvalue weighted by Gasteiger charge is -2.29. The maximum Gasteiger partial charge on any atom is 0.309 e. The minimum absolute atomic E-state index is 0.00924. The number of rotatable bonds is 4. The van der Waals surface area contributed by atoms with Gasteiger partial charge < -0.3 is 4.74 Å². The summed E-state index contributed by atoms with van der Waals surface area (Å²) >= 11 is 0. The molecule has 0 N–H and O–H groups in total. The van der Waals surface area contributed by atoms with Gasteiger partial charge in [-0.1, -0.05) is 43.7 Å². The summed E-state index contributed by atoms with van der Waals surface area (Å²) < 4.78 is 5.48. The molecule has 19 heavy (non-hydrogen) atoms. The predicted molar refractivity (Wildman–Crippen MR) is 77.0 cm³/mol. The van der Waals surface area contributed by atoms with E-state index in [1.165, 1.54) is 12.0 Å². The van der Waals surface area contributed by atoms with E-state index in [0.717, 1.165) is 25.7 Å². The Labute approximate surface area is 116 Å². The number of carbonyl (C=O) groups is 1. The molecule has 0 radical (unpaired) electrons. The van der Waals surface area contributed by atoms with Gasteiger partial charge in [-0.05, 0) is 44.1 Å². The van der Waals surface area contributed by atoms with Crippen molar-refractivity contribution in [2.45, 2.75) is 58.0 Å². The van der Waals surface area contributed by atoms with Crippen molar-refractivity contribution in [1.82, 2.24) is 0 Å². The fourth-order valence-corrected chi connectivity index (χ4v) is 2.81. The Morgan fingerprint density at radius 1 is 1.32 bits per heavy atom. The van der Waals surface area contributed by atoms with Crippen LogP contribution in [0.2, 0.25) is 0 Å². The summed E-state index contributed by atoms with van der Waals surface area (Å²) in [7, 11) is 0. The van der Waals surface area contributed by atoms with Crippen LogP contribution in [0.1, 0.15) is 57.4 Å². The highest BCUT2D eigenvalue weighted by Gasteiger charge is 2.29. The van der Waals surface area contributed by atoms with Crippen molar-refractivity contribution in [3.63, 3.8) is 0 Å². The van der Waals surface area contributed by atoms with Gasteiger partial charge in [-0.2, -0.15) is 0 Å². The van der Waals surface area contributed by atoms with Crippen LogP contribution < -0.4 is 0 Å². The van der Waals surface area contributed by atoms with E-state index in [1.54, 1.807) is 0 Å². The highest BCUT2D eigenvalue weighted by atomic mass is 16.5. The lowest BCUT2D eigenvalue weighted by molar-refractivity contribution is -0.154. The molecular weight excluding hydrogens is 236 g/mol. The molecule has 0 saturated heterocycles. The smallest absolute Gasteiger partial charge is 0.309 e. The number of ether oxygens (including phenoxy) is 1. The summed E-state index contributed by atoms with van der Waals surface area (Å²) in [6.07, 6.45) is 5.18. The zero-order valence-corrected chi connectivity index (χ0v) is 12.0. The summed E-state index contributed by atoms with van der Waals surface area (Å²) in [4.78, 5) is 12.1. The topological polar surface area (TPSA) is 26.3 Å². The van der Waals surface area contributed by atoms with E-state index in [9.17, 15) is 4.79 Å². The molecule has 1 saturated carbocycles. The van der Waals surface area contributed by atoms with Crippen molar-refractivity contribution in [3.8, 4) is 0 Å². The van der Waals surface area contributed by atoms with Crippen LogP contribution in [0.5, 0.6) is 0 Å². The van der Waals surface area contributed by atoms with Gasteiger partial charge in [0.05, 0.1) is 12.0 Å². The molecule has 3 atom stereocenters. The van der Waals surface area contributed by atoms with Gasteiger partial charge in [-0.25, -0.2) is 0 Å². The SMILES string of the molecule is CCC(C)OC(=O)C1CCCC(c2ccccc2)C1. The number of carbonyl (C=O) groups excluding carboxylic acids is 1. The molecule has 1 aromatic rings. The molecule has 1 aliphatic rings. The quantitative estimate of drug-likeness (QED) is 0.754. The average Bonchev–Trinajstić information content (AvgIpc) is 2.48. The Morgan fingerprint density at radius 3 is 2.74 bits per heavy atom. The first-order chi connectivity index (χ1) is 9.20. The Balaban J connectivity index is 1.95. The molecule has 0 bridgehead atoms. The first-order valence-electron chi connectivity index (χ1n) is 7.46. The number of benzene rings is 1. The lowest BCUT2D eigenvalue weighted by atomic mass is 9.78. The van der Waals surface area contributed by atoms with Crippen molar-refractivity contribution in [1.29, 1.82) is 0 Å². The zero-order chi connectivity index (χ0) is 13.7. The maximum absolute atomic E-state index is 12.1. The van der Waals surface area contributed by atoms with Crippen LogP contribution in [0.4, 0.5) is 0 Å². The second-order valence-corrected chi connectivity index (χ2v) is 5.63. The van der Waals surface area contributed by atoms with Crippen molar-refractivity contribution >= 4 is 5.97 Å². The van der Waals surface area contributed by atoms with E-state index in [-0.39, 0.29) is 18.0 Å². The molecule has 3 unspecified atom stereocenters. The zero-order valence-electron chi connectivity index (χ0n) is 12.0. The third-order valence-electron chi connectivity index (χ3n) is 4.17. The van der Waals surface area contributed by atoms with Crippen LogP contribution in [0.15, 0.2) is 30.3 Å². The average molecular weight is 260 g/mol. The summed E-state index contributed by atoms with van der Waals surface area (Å²) in [6, 6.07) is 10.5. The Kier molecular flexibility index (Phi) is 5.00. The molecule has 0 spiro atoms. The van der Waals surface area contributed by atoms with Crippen molar-refractivity contribution < 1.29 is 9.53 Å². The standard InChI is InChI=1S/C17H24O2/c1-3-13(2)19-17(18)16-11-7-10-15(12-16)14-8-5-4-6-9-14/h4-6,8-9,13,15-16H,3,7,10-12H2,1-2H3. The van der Waals surface area contributed by atoms with Crippen LogP contribution in [0.3, 0.4) is 0 Å². The van der Waals surface area contributed by atoms with Crippen molar-refractivity contribution in [3.05, 3.63) is 35.9 Å². The van der Waals surface area contributed by atoms with Gasteiger partial charge in [0, 0.05) is 0 Å². The Morgan fingerprint density at radius 2 is 2.05 bits per heavy atom. The lowest BCUT2D eigenvalue weighted by Crippen LogP contribution is -2.26. The van der Waals surface area contributed by atoms with Gasteiger partial charge >= 0.3 is 5.97 Å². The molecule has 0 heterocycles. The van der Waals surface area contributed by atoms with Crippen LogP contribution in [0, 0.1) is 5.92 Å². The number of hydrogen-bond acceptors (Lipinski definition) is 2. The minimum Gasteiger partial charge on any atom is -0.462 e. The molecule has 0 amide bonds. The second-order valence-electron chi connectivity index (χ2n) is 5.63. The van der Waals surface area contributed by atoms with E-state index >= 15 is 0 Å². The second kappa shape index (κ2) is 6.74. The summed E-state index contributed by atoms with van der Waals surface area (Å²) in [5.74, 6) is 0.618. The van der Waals surface area contributed by atoms with Gasteiger partial charge in [-0.3, -0.25) is 4.79 Å². The van der Waals surface area contributed by atoms with Crippen LogP contribution in [-0.2, 0) is 9.53 Å². The molecule has 104 valence electrons. The molecular formula is C17H24O2. The Bertz CT molecular complexity index is 399. The molecule has 1 aliphatic carbocycles. The van der Waals surface area contributed by atoms with Crippen LogP contribution in [-0.4, -0.2) is 12.1 Å². The van der Waals surface area contributed by atoms with E-state index in [0.29, 0.717) is 5.92 Å². The maximum atomic E-state index is 12.1. The molecule has 2 nitrogen and oxygen atoms in total. The molecule has 2 rings (SSSR count).